The molecule has 0 aromatic heterocycles. The molecule has 0 radical (unpaired) electrons. The van der Waals surface area contributed by atoms with E-state index in [2.05, 4.69) is 5.32 Å². The first-order valence-electron chi connectivity index (χ1n) is 5.45. The molecular formula is C12H17NO2. The summed E-state index contributed by atoms with van der Waals surface area (Å²) in [5, 5.41) is 23.0. The van der Waals surface area contributed by atoms with Gasteiger partial charge in [0.2, 0.25) is 0 Å². The molecule has 3 heteroatoms. The van der Waals surface area contributed by atoms with Crippen LogP contribution in [-0.2, 0) is 0 Å². The minimum absolute atomic E-state index is 0.198. The summed E-state index contributed by atoms with van der Waals surface area (Å²) in [5.74, 6) is 0.461. The van der Waals surface area contributed by atoms with Crippen molar-refractivity contribution >= 4 is 0 Å². The molecule has 1 aliphatic heterocycles. The fourth-order valence-electron chi connectivity index (χ4n) is 2.15. The van der Waals surface area contributed by atoms with E-state index < -0.39 is 6.10 Å². The zero-order valence-corrected chi connectivity index (χ0v) is 8.69. The highest BCUT2D eigenvalue weighted by Crippen LogP contribution is 2.33. The average Bonchev–Trinajstić information content (AvgIpc) is 2.30. The zero-order chi connectivity index (χ0) is 10.7. The van der Waals surface area contributed by atoms with Gasteiger partial charge in [0.15, 0.2) is 0 Å². The monoisotopic (exact) mass is 207 g/mol. The lowest BCUT2D eigenvalue weighted by atomic mass is 9.88. The molecule has 3 nitrogen and oxygen atoms in total. The molecule has 1 unspecified atom stereocenters. The van der Waals surface area contributed by atoms with Crippen molar-refractivity contribution < 1.29 is 10.2 Å². The second-order valence-corrected chi connectivity index (χ2v) is 4.09. The van der Waals surface area contributed by atoms with Crippen LogP contribution in [0.4, 0.5) is 0 Å². The normalized spacial score (nSPS) is 20.1. The van der Waals surface area contributed by atoms with Gasteiger partial charge in [0.05, 0.1) is 6.10 Å². The molecule has 1 atom stereocenters. The Balaban J connectivity index is 2.12. The van der Waals surface area contributed by atoms with Crippen molar-refractivity contribution in [2.45, 2.75) is 18.9 Å². The Labute approximate surface area is 89.8 Å². The number of phenolic OH excluding ortho intramolecular Hbond substituents is 1. The number of hydrogen-bond donors (Lipinski definition) is 3. The van der Waals surface area contributed by atoms with Gasteiger partial charge in [-0.3, -0.25) is 0 Å². The van der Waals surface area contributed by atoms with E-state index in [1.807, 2.05) is 6.07 Å². The first kappa shape index (κ1) is 10.5. The lowest BCUT2D eigenvalue weighted by molar-refractivity contribution is 0.0866. The second-order valence-electron chi connectivity index (χ2n) is 4.09. The number of aliphatic hydroxyl groups excluding tert-OH is 1. The van der Waals surface area contributed by atoms with Gasteiger partial charge in [0.25, 0.3) is 0 Å². The topological polar surface area (TPSA) is 52.5 Å². The molecule has 1 aromatic carbocycles. The van der Waals surface area contributed by atoms with Gasteiger partial charge in [0.1, 0.15) is 5.75 Å². The predicted octanol–water partition coefficient (Wildman–Crippen LogP) is 1.43. The van der Waals surface area contributed by atoms with Crippen LogP contribution in [0.25, 0.3) is 0 Å². The molecule has 0 saturated carbocycles. The van der Waals surface area contributed by atoms with Crippen molar-refractivity contribution in [1.29, 1.82) is 0 Å². The summed E-state index contributed by atoms with van der Waals surface area (Å²) in [6.07, 6.45) is 1.40. The number of aliphatic hydroxyl groups is 1. The number of piperidine rings is 1. The quantitative estimate of drug-likeness (QED) is 0.687. The first-order chi connectivity index (χ1) is 7.29. The SMILES string of the molecule is Oc1ccccc1C(O)C1CCNCC1. The van der Waals surface area contributed by atoms with E-state index in [1.165, 1.54) is 0 Å². The third-order valence-corrected chi connectivity index (χ3v) is 3.09. The Morgan fingerprint density at radius 1 is 1.20 bits per heavy atom. The van der Waals surface area contributed by atoms with Crippen molar-refractivity contribution in [3.8, 4) is 5.75 Å². The van der Waals surface area contributed by atoms with Crippen molar-refractivity contribution in [2.24, 2.45) is 5.92 Å². The number of hydrogen-bond acceptors (Lipinski definition) is 3. The molecule has 1 saturated heterocycles. The Hall–Kier alpha value is -1.06. The van der Waals surface area contributed by atoms with Crippen LogP contribution in [0.2, 0.25) is 0 Å². The van der Waals surface area contributed by atoms with Gasteiger partial charge in [-0.15, -0.1) is 0 Å². The molecule has 1 aliphatic rings. The molecule has 0 amide bonds. The third kappa shape index (κ3) is 2.30. The summed E-state index contributed by atoms with van der Waals surface area (Å²) < 4.78 is 0. The van der Waals surface area contributed by atoms with Gasteiger partial charge in [-0.05, 0) is 37.9 Å². The number of aromatic hydroxyl groups is 1. The third-order valence-electron chi connectivity index (χ3n) is 3.09. The van der Waals surface area contributed by atoms with Gasteiger partial charge in [-0.25, -0.2) is 0 Å². The van der Waals surface area contributed by atoms with Crippen LogP contribution >= 0.6 is 0 Å². The van der Waals surface area contributed by atoms with Crippen LogP contribution in [0.15, 0.2) is 24.3 Å². The van der Waals surface area contributed by atoms with Crippen LogP contribution in [0.1, 0.15) is 24.5 Å². The van der Waals surface area contributed by atoms with Crippen LogP contribution in [-0.4, -0.2) is 23.3 Å². The van der Waals surface area contributed by atoms with E-state index in [0.29, 0.717) is 5.56 Å². The Bertz CT molecular complexity index is 321. The van der Waals surface area contributed by atoms with Crippen LogP contribution in [0.3, 0.4) is 0 Å². The van der Waals surface area contributed by atoms with E-state index in [4.69, 9.17) is 0 Å². The van der Waals surface area contributed by atoms with Crippen molar-refractivity contribution in [3.63, 3.8) is 0 Å². The smallest absolute Gasteiger partial charge is 0.121 e. The lowest BCUT2D eigenvalue weighted by Gasteiger charge is -2.27. The molecule has 0 bridgehead atoms. The first-order valence-corrected chi connectivity index (χ1v) is 5.45. The standard InChI is InChI=1S/C12H17NO2/c14-11-4-2-1-3-10(11)12(15)9-5-7-13-8-6-9/h1-4,9,12-15H,5-8H2. The molecule has 1 aromatic rings. The lowest BCUT2D eigenvalue weighted by Crippen LogP contribution is -2.30. The molecule has 1 fully saturated rings. The fourth-order valence-corrected chi connectivity index (χ4v) is 2.15. The maximum atomic E-state index is 10.1. The molecule has 1 heterocycles. The zero-order valence-electron chi connectivity index (χ0n) is 8.69. The van der Waals surface area contributed by atoms with E-state index in [-0.39, 0.29) is 11.7 Å². The minimum atomic E-state index is -0.534. The maximum Gasteiger partial charge on any atom is 0.121 e. The molecule has 0 spiro atoms. The molecule has 3 N–H and O–H groups in total. The summed E-state index contributed by atoms with van der Waals surface area (Å²) in [7, 11) is 0. The van der Waals surface area contributed by atoms with E-state index in [9.17, 15) is 10.2 Å². The van der Waals surface area contributed by atoms with E-state index >= 15 is 0 Å². The molecule has 82 valence electrons. The average molecular weight is 207 g/mol. The van der Waals surface area contributed by atoms with Gasteiger partial charge in [0, 0.05) is 5.56 Å². The summed E-state index contributed by atoms with van der Waals surface area (Å²) in [6.45, 7) is 1.91. The van der Waals surface area contributed by atoms with E-state index in [0.717, 1.165) is 25.9 Å². The van der Waals surface area contributed by atoms with Crippen molar-refractivity contribution in [2.75, 3.05) is 13.1 Å². The largest absolute Gasteiger partial charge is 0.508 e. The van der Waals surface area contributed by atoms with Crippen molar-refractivity contribution in [3.05, 3.63) is 29.8 Å². The number of benzene rings is 1. The summed E-state index contributed by atoms with van der Waals surface area (Å²) in [6, 6.07) is 7.04. The predicted molar refractivity (Wildman–Crippen MR) is 58.7 cm³/mol. The summed E-state index contributed by atoms with van der Waals surface area (Å²) >= 11 is 0. The highest BCUT2D eigenvalue weighted by molar-refractivity contribution is 5.33. The van der Waals surface area contributed by atoms with Crippen LogP contribution in [0.5, 0.6) is 5.75 Å². The Morgan fingerprint density at radius 2 is 1.87 bits per heavy atom. The van der Waals surface area contributed by atoms with Gasteiger partial charge in [-0.2, -0.15) is 0 Å². The van der Waals surface area contributed by atoms with Gasteiger partial charge in [-0.1, -0.05) is 18.2 Å². The molecule has 2 rings (SSSR count). The number of rotatable bonds is 2. The Kier molecular flexibility index (Phi) is 3.23. The molecule has 0 aliphatic carbocycles. The maximum absolute atomic E-state index is 10.1. The molecule has 15 heavy (non-hydrogen) atoms. The van der Waals surface area contributed by atoms with Crippen LogP contribution < -0.4 is 5.32 Å². The number of nitrogens with one attached hydrogen (secondary N) is 1. The summed E-state index contributed by atoms with van der Waals surface area (Å²) in [5.41, 5.74) is 0.657. The van der Waals surface area contributed by atoms with E-state index in [1.54, 1.807) is 18.2 Å². The van der Waals surface area contributed by atoms with Gasteiger partial charge < -0.3 is 15.5 Å². The van der Waals surface area contributed by atoms with Gasteiger partial charge >= 0.3 is 0 Å². The fraction of sp³-hybridized carbons (Fsp3) is 0.500. The minimum Gasteiger partial charge on any atom is -0.508 e. The second kappa shape index (κ2) is 4.64. The number of phenols is 1. The van der Waals surface area contributed by atoms with Crippen LogP contribution in [0, 0.1) is 5.92 Å². The van der Waals surface area contributed by atoms with Crippen molar-refractivity contribution in [1.82, 2.24) is 5.32 Å². The highest BCUT2D eigenvalue weighted by atomic mass is 16.3. The number of para-hydroxylation sites is 1. The highest BCUT2D eigenvalue weighted by Gasteiger charge is 2.24. The summed E-state index contributed by atoms with van der Waals surface area (Å²) in [4.78, 5) is 0. The molecular weight excluding hydrogens is 190 g/mol. The Morgan fingerprint density at radius 3 is 2.53 bits per heavy atom.